The number of guanidine groups is 1. The highest BCUT2D eigenvalue weighted by Gasteiger charge is 2.16. The van der Waals surface area contributed by atoms with Gasteiger partial charge in [0.05, 0.1) is 6.10 Å². The second-order valence-electron chi connectivity index (χ2n) is 7.48. The van der Waals surface area contributed by atoms with Crippen molar-refractivity contribution in [1.82, 2.24) is 15.5 Å². The summed E-state index contributed by atoms with van der Waals surface area (Å²) in [5.74, 6) is 1.76. The van der Waals surface area contributed by atoms with Crippen LogP contribution in [0.1, 0.15) is 24.0 Å². The molecular formula is C23H32ClIN4OS. The number of likely N-dealkylation sites (tertiary alicyclic amines) is 1. The van der Waals surface area contributed by atoms with Crippen molar-refractivity contribution in [3.63, 3.8) is 0 Å². The quantitative estimate of drug-likeness (QED) is 0.144. The summed E-state index contributed by atoms with van der Waals surface area (Å²) >= 11 is 7.71. The lowest BCUT2D eigenvalue weighted by Crippen LogP contribution is -2.38. The average molecular weight is 575 g/mol. The van der Waals surface area contributed by atoms with Crippen LogP contribution in [0.4, 0.5) is 0 Å². The van der Waals surface area contributed by atoms with Gasteiger partial charge in [-0.2, -0.15) is 0 Å². The highest BCUT2D eigenvalue weighted by molar-refractivity contribution is 14.0. The molecule has 170 valence electrons. The Kier molecular flexibility index (Phi) is 12.0. The van der Waals surface area contributed by atoms with Gasteiger partial charge < -0.3 is 15.7 Å². The van der Waals surface area contributed by atoms with Crippen LogP contribution in [0.2, 0.25) is 5.02 Å². The Morgan fingerprint density at radius 1 is 1.06 bits per heavy atom. The van der Waals surface area contributed by atoms with Gasteiger partial charge in [0.1, 0.15) is 0 Å². The van der Waals surface area contributed by atoms with Crippen molar-refractivity contribution in [3.8, 4) is 0 Å². The standard InChI is InChI=1S/C23H31ClN4OS.HI/c1-25-23(26-12-15-30-22-8-6-20(24)7-9-22)27-16-18-2-4-19(5-3-18)17-28-13-10-21(29)11-14-28;/h2-9,21,29H,10-17H2,1H3,(H2,25,26,27);1H. The van der Waals surface area contributed by atoms with Crippen molar-refractivity contribution in [2.24, 2.45) is 4.99 Å². The molecule has 0 aromatic heterocycles. The van der Waals surface area contributed by atoms with Gasteiger partial charge in [0.25, 0.3) is 0 Å². The molecule has 2 aromatic carbocycles. The van der Waals surface area contributed by atoms with Gasteiger partial charge in [0, 0.05) is 55.4 Å². The number of aliphatic hydroxyl groups excluding tert-OH is 1. The van der Waals surface area contributed by atoms with E-state index < -0.39 is 0 Å². The number of hydrogen-bond donors (Lipinski definition) is 3. The van der Waals surface area contributed by atoms with Gasteiger partial charge >= 0.3 is 0 Å². The molecular weight excluding hydrogens is 543 g/mol. The first kappa shape index (κ1) is 26.3. The van der Waals surface area contributed by atoms with Crippen LogP contribution in [0, 0.1) is 0 Å². The van der Waals surface area contributed by atoms with Crippen LogP contribution >= 0.6 is 47.3 Å². The number of nitrogens with zero attached hydrogens (tertiary/aromatic N) is 2. The first-order valence-corrected chi connectivity index (χ1v) is 11.8. The van der Waals surface area contributed by atoms with E-state index in [1.165, 1.54) is 16.0 Å². The number of halogens is 2. The topological polar surface area (TPSA) is 59.9 Å². The molecule has 1 heterocycles. The van der Waals surface area contributed by atoms with Crippen LogP contribution in [0.5, 0.6) is 0 Å². The minimum atomic E-state index is -0.117. The summed E-state index contributed by atoms with van der Waals surface area (Å²) < 4.78 is 0. The van der Waals surface area contributed by atoms with Crippen LogP contribution in [-0.4, -0.2) is 54.5 Å². The zero-order chi connectivity index (χ0) is 21.2. The number of benzene rings is 2. The normalized spacial score (nSPS) is 15.4. The molecule has 5 nitrogen and oxygen atoms in total. The van der Waals surface area contributed by atoms with Gasteiger partial charge in [-0.05, 0) is 48.2 Å². The third-order valence-corrected chi connectivity index (χ3v) is 6.41. The molecule has 0 unspecified atom stereocenters. The van der Waals surface area contributed by atoms with Crippen molar-refractivity contribution in [2.75, 3.05) is 32.4 Å². The molecule has 1 saturated heterocycles. The molecule has 0 aliphatic carbocycles. The monoisotopic (exact) mass is 574 g/mol. The highest BCUT2D eigenvalue weighted by Crippen LogP contribution is 2.19. The second-order valence-corrected chi connectivity index (χ2v) is 9.08. The second kappa shape index (κ2) is 14.2. The minimum absolute atomic E-state index is 0. The maximum absolute atomic E-state index is 9.63. The minimum Gasteiger partial charge on any atom is -0.393 e. The molecule has 31 heavy (non-hydrogen) atoms. The maximum atomic E-state index is 9.63. The number of rotatable bonds is 8. The van der Waals surface area contributed by atoms with Crippen LogP contribution < -0.4 is 10.6 Å². The van der Waals surface area contributed by atoms with E-state index in [1.807, 2.05) is 24.3 Å². The third-order valence-electron chi connectivity index (χ3n) is 5.15. The summed E-state index contributed by atoms with van der Waals surface area (Å²) in [5.41, 5.74) is 2.54. The van der Waals surface area contributed by atoms with E-state index in [2.05, 4.69) is 44.8 Å². The molecule has 2 aromatic rings. The molecule has 0 atom stereocenters. The van der Waals surface area contributed by atoms with Gasteiger partial charge in [0.2, 0.25) is 0 Å². The maximum Gasteiger partial charge on any atom is 0.191 e. The average Bonchev–Trinajstić information content (AvgIpc) is 2.77. The van der Waals surface area contributed by atoms with E-state index in [0.717, 1.165) is 62.3 Å². The van der Waals surface area contributed by atoms with Gasteiger partial charge in [-0.3, -0.25) is 9.89 Å². The third kappa shape index (κ3) is 9.57. The van der Waals surface area contributed by atoms with E-state index in [1.54, 1.807) is 18.8 Å². The molecule has 1 aliphatic heterocycles. The summed E-state index contributed by atoms with van der Waals surface area (Å²) in [4.78, 5) is 7.92. The van der Waals surface area contributed by atoms with Crippen LogP contribution in [-0.2, 0) is 13.1 Å². The lowest BCUT2D eigenvalue weighted by atomic mass is 10.1. The highest BCUT2D eigenvalue weighted by atomic mass is 127. The molecule has 0 radical (unpaired) electrons. The van der Waals surface area contributed by atoms with E-state index in [0.29, 0.717) is 0 Å². The predicted molar refractivity (Wildman–Crippen MR) is 143 cm³/mol. The molecule has 1 aliphatic rings. The first-order chi connectivity index (χ1) is 14.6. The van der Waals surface area contributed by atoms with Crippen molar-refractivity contribution >= 4 is 53.3 Å². The first-order valence-electron chi connectivity index (χ1n) is 10.4. The number of aliphatic imine (C=N–C) groups is 1. The van der Waals surface area contributed by atoms with Crippen molar-refractivity contribution < 1.29 is 5.11 Å². The SMILES string of the molecule is CN=C(NCCSc1ccc(Cl)cc1)NCc1ccc(CN2CCC(O)CC2)cc1.I. The number of piperidine rings is 1. The summed E-state index contributed by atoms with van der Waals surface area (Å²) in [6, 6.07) is 16.6. The number of hydrogen-bond acceptors (Lipinski definition) is 4. The Morgan fingerprint density at radius 2 is 1.71 bits per heavy atom. The number of aliphatic hydroxyl groups is 1. The number of nitrogens with one attached hydrogen (secondary N) is 2. The summed E-state index contributed by atoms with van der Waals surface area (Å²) in [7, 11) is 1.79. The Labute approximate surface area is 212 Å². The van der Waals surface area contributed by atoms with Crippen molar-refractivity contribution in [1.29, 1.82) is 0 Å². The molecule has 0 bridgehead atoms. The molecule has 3 N–H and O–H groups in total. The van der Waals surface area contributed by atoms with E-state index in [4.69, 9.17) is 11.6 Å². The lowest BCUT2D eigenvalue weighted by molar-refractivity contribution is 0.0792. The van der Waals surface area contributed by atoms with Gasteiger partial charge in [-0.15, -0.1) is 35.7 Å². The Bertz CT molecular complexity index is 796. The van der Waals surface area contributed by atoms with Crippen LogP contribution in [0.15, 0.2) is 58.4 Å². The fraction of sp³-hybridized carbons (Fsp3) is 0.435. The summed E-state index contributed by atoms with van der Waals surface area (Å²) in [6.07, 6.45) is 1.65. The molecule has 0 amide bonds. The molecule has 1 fully saturated rings. The van der Waals surface area contributed by atoms with Crippen molar-refractivity contribution in [3.05, 3.63) is 64.7 Å². The van der Waals surface area contributed by atoms with Gasteiger partial charge in [-0.1, -0.05) is 35.9 Å². The predicted octanol–water partition coefficient (Wildman–Crippen LogP) is 4.37. The zero-order valence-corrected chi connectivity index (χ0v) is 21.8. The smallest absolute Gasteiger partial charge is 0.191 e. The lowest BCUT2D eigenvalue weighted by Gasteiger charge is -2.29. The zero-order valence-electron chi connectivity index (χ0n) is 17.9. The molecule has 3 rings (SSSR count). The van der Waals surface area contributed by atoms with E-state index in [9.17, 15) is 5.11 Å². The van der Waals surface area contributed by atoms with Crippen LogP contribution in [0.3, 0.4) is 0 Å². The van der Waals surface area contributed by atoms with Gasteiger partial charge in [0.15, 0.2) is 5.96 Å². The largest absolute Gasteiger partial charge is 0.393 e. The van der Waals surface area contributed by atoms with Crippen LogP contribution in [0.25, 0.3) is 0 Å². The fourth-order valence-electron chi connectivity index (χ4n) is 3.37. The Hall–Kier alpha value is -1.000. The summed E-state index contributed by atoms with van der Waals surface area (Å²) in [5, 5.41) is 17.1. The summed E-state index contributed by atoms with van der Waals surface area (Å²) in [6.45, 7) is 4.47. The van der Waals surface area contributed by atoms with Gasteiger partial charge in [-0.25, -0.2) is 0 Å². The molecule has 0 saturated carbocycles. The van der Waals surface area contributed by atoms with Crippen molar-refractivity contribution in [2.45, 2.75) is 36.9 Å². The number of thioether (sulfide) groups is 1. The molecule has 8 heteroatoms. The Morgan fingerprint density at radius 3 is 2.35 bits per heavy atom. The fourth-order valence-corrected chi connectivity index (χ4v) is 4.27. The Balaban J connectivity index is 0.00000341. The molecule has 0 spiro atoms. The van der Waals surface area contributed by atoms with E-state index >= 15 is 0 Å². The van der Waals surface area contributed by atoms with E-state index in [-0.39, 0.29) is 30.1 Å².